The van der Waals surface area contributed by atoms with Gasteiger partial charge in [0, 0.05) is 7.05 Å². The van der Waals surface area contributed by atoms with Crippen molar-refractivity contribution in [3.63, 3.8) is 0 Å². The Morgan fingerprint density at radius 2 is 1.84 bits per heavy atom. The SMILES string of the molecule is C[C@@H](OC(=O)Cc1c(-c2ncc(OS(C)(=O)=O)cn2)cnn1C)c1cc(F)cnc1F. The lowest BCUT2D eigenvalue weighted by Crippen LogP contribution is -2.15. The fourth-order valence-corrected chi connectivity index (χ4v) is 3.13. The molecule has 0 amide bonds. The number of hydrogen-bond acceptors (Lipinski definition) is 9. The lowest BCUT2D eigenvalue weighted by atomic mass is 10.1. The van der Waals surface area contributed by atoms with Crippen LogP contribution >= 0.6 is 0 Å². The van der Waals surface area contributed by atoms with Crippen LogP contribution in [0.25, 0.3) is 11.4 Å². The van der Waals surface area contributed by atoms with Crippen LogP contribution in [-0.2, 0) is 33.1 Å². The maximum Gasteiger partial charge on any atom is 0.312 e. The first kappa shape index (κ1) is 22.2. The highest BCUT2D eigenvalue weighted by Crippen LogP contribution is 2.24. The molecule has 1 atom stereocenters. The Balaban J connectivity index is 1.76. The number of carbonyl (C=O) groups is 1. The monoisotopic (exact) mass is 453 g/mol. The summed E-state index contributed by atoms with van der Waals surface area (Å²) in [6, 6.07) is 0.906. The molecule has 164 valence electrons. The summed E-state index contributed by atoms with van der Waals surface area (Å²) in [6.45, 7) is 1.39. The summed E-state index contributed by atoms with van der Waals surface area (Å²) in [6.07, 6.45) is 4.04. The fraction of sp³-hybridized carbons (Fsp3) is 0.278. The molecule has 0 unspecified atom stereocenters. The lowest BCUT2D eigenvalue weighted by molar-refractivity contribution is -0.148. The Kier molecular flexibility index (Phi) is 6.24. The highest BCUT2D eigenvalue weighted by Gasteiger charge is 2.21. The number of pyridine rings is 1. The molecule has 0 saturated carbocycles. The number of nitrogens with zero attached hydrogens (tertiary/aromatic N) is 5. The van der Waals surface area contributed by atoms with Gasteiger partial charge in [0.2, 0.25) is 5.95 Å². The van der Waals surface area contributed by atoms with E-state index in [4.69, 9.17) is 4.74 Å². The van der Waals surface area contributed by atoms with E-state index >= 15 is 0 Å². The van der Waals surface area contributed by atoms with Gasteiger partial charge >= 0.3 is 16.1 Å². The lowest BCUT2D eigenvalue weighted by Gasteiger charge is -2.14. The van der Waals surface area contributed by atoms with Gasteiger partial charge in [0.25, 0.3) is 0 Å². The second-order valence-electron chi connectivity index (χ2n) is 6.50. The van der Waals surface area contributed by atoms with E-state index < -0.39 is 34.0 Å². The van der Waals surface area contributed by atoms with Gasteiger partial charge in [-0.25, -0.2) is 19.3 Å². The van der Waals surface area contributed by atoms with Gasteiger partial charge in [0.1, 0.15) is 11.9 Å². The zero-order valence-electron chi connectivity index (χ0n) is 16.6. The Hall–Kier alpha value is -3.48. The second kappa shape index (κ2) is 8.71. The molecule has 0 N–H and O–H groups in total. The van der Waals surface area contributed by atoms with Crippen LogP contribution < -0.4 is 4.18 Å². The van der Waals surface area contributed by atoms with Crippen molar-refractivity contribution in [2.75, 3.05) is 6.26 Å². The zero-order valence-corrected chi connectivity index (χ0v) is 17.4. The first-order valence-corrected chi connectivity index (χ1v) is 10.6. The van der Waals surface area contributed by atoms with E-state index in [0.717, 1.165) is 18.5 Å². The summed E-state index contributed by atoms with van der Waals surface area (Å²) in [5.41, 5.74) is 0.604. The minimum absolute atomic E-state index is 0.0735. The highest BCUT2D eigenvalue weighted by molar-refractivity contribution is 7.86. The van der Waals surface area contributed by atoms with Crippen LogP contribution in [0.15, 0.2) is 30.9 Å². The number of ether oxygens (including phenoxy) is 1. The number of esters is 1. The Morgan fingerprint density at radius 1 is 1.16 bits per heavy atom. The van der Waals surface area contributed by atoms with E-state index in [9.17, 15) is 22.0 Å². The number of rotatable bonds is 7. The molecule has 3 heterocycles. The summed E-state index contributed by atoms with van der Waals surface area (Å²) in [5, 5.41) is 4.07. The van der Waals surface area contributed by atoms with Crippen LogP contribution in [-0.4, -0.2) is 45.4 Å². The molecule has 10 nitrogen and oxygen atoms in total. The average Bonchev–Trinajstić information content (AvgIpc) is 3.03. The number of carbonyl (C=O) groups excluding carboxylic acids is 1. The van der Waals surface area contributed by atoms with Gasteiger partial charge in [0.05, 0.1) is 54.3 Å². The van der Waals surface area contributed by atoms with E-state index in [2.05, 4.69) is 24.2 Å². The number of halogens is 2. The van der Waals surface area contributed by atoms with Gasteiger partial charge in [-0.2, -0.15) is 17.9 Å². The standard InChI is InChI=1S/C18H17F2N5O5S/c1-10(13-4-11(19)6-21-17(13)20)29-16(26)5-15-14(9-24-25(15)2)18-22-7-12(8-23-18)30-31(3,27)28/h4,6-10H,5H2,1-3H3/t10-/m1/s1. The molecule has 0 aliphatic carbocycles. The van der Waals surface area contributed by atoms with Gasteiger partial charge in [-0.1, -0.05) is 0 Å². The Labute approximate surface area is 176 Å². The van der Waals surface area contributed by atoms with Crippen molar-refractivity contribution in [2.45, 2.75) is 19.4 Å². The average molecular weight is 453 g/mol. The van der Waals surface area contributed by atoms with Crippen LogP contribution in [0.2, 0.25) is 0 Å². The van der Waals surface area contributed by atoms with Gasteiger partial charge < -0.3 is 8.92 Å². The molecule has 3 rings (SSSR count). The first-order chi connectivity index (χ1) is 14.5. The summed E-state index contributed by atoms with van der Waals surface area (Å²) < 4.78 is 60.8. The zero-order chi connectivity index (χ0) is 22.8. The van der Waals surface area contributed by atoms with Crippen LogP contribution in [0, 0.1) is 11.8 Å². The van der Waals surface area contributed by atoms with E-state index in [1.807, 2.05) is 0 Å². The molecule has 0 aliphatic heterocycles. The number of aryl methyl sites for hydroxylation is 1. The number of hydrogen-bond donors (Lipinski definition) is 0. The van der Waals surface area contributed by atoms with Gasteiger partial charge in [0.15, 0.2) is 11.6 Å². The molecule has 0 saturated heterocycles. The molecule has 0 bridgehead atoms. The number of aromatic nitrogens is 5. The summed E-state index contributed by atoms with van der Waals surface area (Å²) in [7, 11) is -2.14. The van der Waals surface area contributed by atoms with E-state index in [1.165, 1.54) is 30.2 Å². The predicted molar refractivity (Wildman–Crippen MR) is 102 cm³/mol. The first-order valence-electron chi connectivity index (χ1n) is 8.76. The summed E-state index contributed by atoms with van der Waals surface area (Å²) in [4.78, 5) is 23.8. The van der Waals surface area contributed by atoms with Crippen LogP contribution in [0.3, 0.4) is 0 Å². The molecule has 0 fully saturated rings. The molecular weight excluding hydrogens is 436 g/mol. The van der Waals surface area contributed by atoms with Crippen molar-refractivity contribution in [1.82, 2.24) is 24.7 Å². The van der Waals surface area contributed by atoms with Crippen molar-refractivity contribution in [1.29, 1.82) is 0 Å². The van der Waals surface area contributed by atoms with Crippen molar-refractivity contribution in [3.05, 3.63) is 53.9 Å². The molecular formula is C18H17F2N5O5S. The third-order valence-corrected chi connectivity index (χ3v) is 4.56. The predicted octanol–water partition coefficient (Wildman–Crippen LogP) is 1.74. The molecule has 3 aromatic heterocycles. The van der Waals surface area contributed by atoms with Crippen molar-refractivity contribution in [3.8, 4) is 17.1 Å². The van der Waals surface area contributed by atoms with E-state index in [0.29, 0.717) is 11.3 Å². The van der Waals surface area contributed by atoms with Crippen molar-refractivity contribution >= 4 is 16.1 Å². The molecule has 0 aliphatic rings. The normalized spacial score (nSPS) is 12.4. The van der Waals surface area contributed by atoms with E-state index in [1.54, 1.807) is 7.05 Å². The molecule has 31 heavy (non-hydrogen) atoms. The maximum atomic E-state index is 13.8. The fourth-order valence-electron chi connectivity index (χ4n) is 2.69. The highest BCUT2D eigenvalue weighted by atomic mass is 32.2. The maximum absolute atomic E-state index is 13.8. The smallest absolute Gasteiger partial charge is 0.312 e. The topological polar surface area (TPSA) is 126 Å². The van der Waals surface area contributed by atoms with Crippen LogP contribution in [0.5, 0.6) is 5.75 Å². The van der Waals surface area contributed by atoms with Gasteiger partial charge in [-0.15, -0.1) is 0 Å². The molecule has 0 radical (unpaired) electrons. The van der Waals surface area contributed by atoms with Gasteiger partial charge in [-0.05, 0) is 13.0 Å². The van der Waals surface area contributed by atoms with Crippen molar-refractivity contribution in [2.24, 2.45) is 7.05 Å². The van der Waals surface area contributed by atoms with Crippen LogP contribution in [0.1, 0.15) is 24.3 Å². The van der Waals surface area contributed by atoms with Crippen LogP contribution in [0.4, 0.5) is 8.78 Å². The Bertz CT molecular complexity index is 1210. The third kappa shape index (κ3) is 5.57. The summed E-state index contributed by atoms with van der Waals surface area (Å²) in [5.74, 6) is -2.32. The molecule has 3 aromatic rings. The molecule has 0 aromatic carbocycles. The minimum Gasteiger partial charge on any atom is -0.457 e. The minimum atomic E-state index is -3.73. The van der Waals surface area contributed by atoms with E-state index in [-0.39, 0.29) is 23.6 Å². The largest absolute Gasteiger partial charge is 0.457 e. The third-order valence-electron chi connectivity index (χ3n) is 4.07. The summed E-state index contributed by atoms with van der Waals surface area (Å²) >= 11 is 0. The second-order valence-corrected chi connectivity index (χ2v) is 8.08. The quantitative estimate of drug-likeness (QED) is 0.299. The Morgan fingerprint density at radius 3 is 2.48 bits per heavy atom. The molecule has 0 spiro atoms. The molecule has 13 heteroatoms. The van der Waals surface area contributed by atoms with Crippen molar-refractivity contribution < 1.29 is 30.9 Å². The van der Waals surface area contributed by atoms with Gasteiger partial charge in [-0.3, -0.25) is 9.48 Å².